The van der Waals surface area contributed by atoms with E-state index in [1.165, 1.54) is 16.3 Å². The van der Waals surface area contributed by atoms with Crippen LogP contribution in [0.1, 0.15) is 18.5 Å². The first-order chi connectivity index (χ1) is 7.83. The van der Waals surface area contributed by atoms with Gasteiger partial charge in [0.2, 0.25) is 0 Å². The van der Waals surface area contributed by atoms with Crippen LogP contribution in [-0.2, 0) is 0 Å². The lowest BCUT2D eigenvalue weighted by Crippen LogP contribution is -2.18. The van der Waals surface area contributed by atoms with Gasteiger partial charge in [-0.25, -0.2) is 0 Å². The van der Waals surface area contributed by atoms with Crippen LogP contribution in [0.4, 0.5) is 0 Å². The van der Waals surface area contributed by atoms with E-state index >= 15 is 0 Å². The van der Waals surface area contributed by atoms with Gasteiger partial charge in [0.15, 0.2) is 0 Å². The predicted octanol–water partition coefficient (Wildman–Crippen LogP) is 3.68. The summed E-state index contributed by atoms with van der Waals surface area (Å²) in [6.45, 7) is 6.75. The van der Waals surface area contributed by atoms with E-state index < -0.39 is 0 Å². The Kier molecular flexibility index (Phi) is 3.37. The topological polar surface area (TPSA) is 12.0 Å². The highest BCUT2D eigenvalue weighted by Crippen LogP contribution is 2.23. The van der Waals surface area contributed by atoms with E-state index in [1.54, 1.807) is 0 Å². The van der Waals surface area contributed by atoms with E-state index in [0.717, 1.165) is 6.54 Å². The Hall–Kier alpha value is -1.60. The minimum atomic E-state index is 0.351. The lowest BCUT2D eigenvalue weighted by Gasteiger charge is -2.15. The number of hydrogen-bond donors (Lipinski definition) is 1. The zero-order valence-corrected chi connectivity index (χ0v) is 9.61. The van der Waals surface area contributed by atoms with Gasteiger partial charge in [-0.2, -0.15) is 0 Å². The number of benzene rings is 2. The third-order valence-corrected chi connectivity index (χ3v) is 2.86. The second-order valence-electron chi connectivity index (χ2n) is 3.99. The molecule has 16 heavy (non-hydrogen) atoms. The first-order valence-electron chi connectivity index (χ1n) is 5.65. The zero-order valence-electron chi connectivity index (χ0n) is 9.61. The molecule has 1 atom stereocenters. The fraction of sp³-hybridized carbons (Fsp3) is 0.200. The van der Waals surface area contributed by atoms with Crippen molar-refractivity contribution in [1.29, 1.82) is 0 Å². The van der Waals surface area contributed by atoms with Crippen LogP contribution in [-0.4, -0.2) is 6.54 Å². The minimum Gasteiger partial charge on any atom is -0.307 e. The lowest BCUT2D eigenvalue weighted by atomic mass is 10.00. The van der Waals surface area contributed by atoms with Crippen molar-refractivity contribution in [3.05, 3.63) is 60.7 Å². The van der Waals surface area contributed by atoms with Gasteiger partial charge in [0.25, 0.3) is 0 Å². The van der Waals surface area contributed by atoms with E-state index in [0.29, 0.717) is 6.04 Å². The zero-order chi connectivity index (χ0) is 11.4. The van der Waals surface area contributed by atoms with Crippen LogP contribution in [0.5, 0.6) is 0 Å². The summed E-state index contributed by atoms with van der Waals surface area (Å²) in [5.41, 5.74) is 1.35. The highest BCUT2D eigenvalue weighted by atomic mass is 14.9. The van der Waals surface area contributed by atoms with Crippen molar-refractivity contribution < 1.29 is 0 Å². The van der Waals surface area contributed by atoms with Gasteiger partial charge in [-0.1, -0.05) is 48.5 Å². The van der Waals surface area contributed by atoms with Gasteiger partial charge >= 0.3 is 0 Å². The SMILES string of the molecule is C=CCNC(C)c1cccc2ccccc12. The van der Waals surface area contributed by atoms with E-state index in [4.69, 9.17) is 0 Å². The van der Waals surface area contributed by atoms with Gasteiger partial charge in [0, 0.05) is 12.6 Å². The largest absolute Gasteiger partial charge is 0.307 e. The molecule has 0 spiro atoms. The standard InChI is InChI=1S/C15H17N/c1-3-11-16-12(2)14-10-6-8-13-7-4-5-9-15(13)14/h3-10,12,16H,1,11H2,2H3. The van der Waals surface area contributed by atoms with E-state index in [1.807, 2.05) is 6.08 Å². The van der Waals surface area contributed by atoms with Crippen LogP contribution in [0, 0.1) is 0 Å². The maximum absolute atomic E-state index is 3.73. The molecule has 0 aliphatic heterocycles. The van der Waals surface area contributed by atoms with Gasteiger partial charge in [-0.3, -0.25) is 0 Å². The van der Waals surface area contributed by atoms with Crippen molar-refractivity contribution in [3.8, 4) is 0 Å². The summed E-state index contributed by atoms with van der Waals surface area (Å²) in [5.74, 6) is 0. The molecule has 2 aromatic carbocycles. The molecule has 1 nitrogen and oxygen atoms in total. The van der Waals surface area contributed by atoms with Gasteiger partial charge in [0.1, 0.15) is 0 Å². The van der Waals surface area contributed by atoms with Crippen LogP contribution < -0.4 is 5.32 Å². The van der Waals surface area contributed by atoms with Crippen molar-refractivity contribution in [3.63, 3.8) is 0 Å². The first kappa shape index (κ1) is 10.9. The van der Waals surface area contributed by atoms with E-state index in [-0.39, 0.29) is 0 Å². The molecule has 2 aromatic rings. The Balaban J connectivity index is 2.39. The second kappa shape index (κ2) is 4.95. The Bertz CT molecular complexity index is 482. The van der Waals surface area contributed by atoms with Gasteiger partial charge in [-0.05, 0) is 23.3 Å². The van der Waals surface area contributed by atoms with Crippen molar-refractivity contribution in [2.45, 2.75) is 13.0 Å². The van der Waals surface area contributed by atoms with Crippen LogP contribution in [0.15, 0.2) is 55.1 Å². The fourth-order valence-corrected chi connectivity index (χ4v) is 2.00. The molecular formula is C15H17N. The molecular weight excluding hydrogens is 194 g/mol. The number of fused-ring (bicyclic) bond motifs is 1. The van der Waals surface area contributed by atoms with Gasteiger partial charge < -0.3 is 5.32 Å². The van der Waals surface area contributed by atoms with Crippen molar-refractivity contribution in [1.82, 2.24) is 5.32 Å². The molecule has 1 heteroatoms. The fourth-order valence-electron chi connectivity index (χ4n) is 2.00. The molecule has 0 saturated carbocycles. The Morgan fingerprint density at radius 1 is 1.19 bits per heavy atom. The van der Waals surface area contributed by atoms with Crippen LogP contribution in [0.2, 0.25) is 0 Å². The van der Waals surface area contributed by atoms with Crippen LogP contribution >= 0.6 is 0 Å². The smallest absolute Gasteiger partial charge is 0.0300 e. The maximum atomic E-state index is 3.73. The summed E-state index contributed by atoms with van der Waals surface area (Å²) in [6.07, 6.45) is 1.89. The predicted molar refractivity (Wildman–Crippen MR) is 70.6 cm³/mol. The molecule has 0 amide bonds. The molecule has 0 bridgehead atoms. The molecule has 0 aliphatic rings. The molecule has 0 heterocycles. The van der Waals surface area contributed by atoms with Gasteiger partial charge in [0.05, 0.1) is 0 Å². The van der Waals surface area contributed by atoms with Crippen molar-refractivity contribution in [2.24, 2.45) is 0 Å². The molecule has 0 saturated heterocycles. The molecule has 0 aromatic heterocycles. The molecule has 0 radical (unpaired) electrons. The first-order valence-corrected chi connectivity index (χ1v) is 5.65. The number of nitrogens with one attached hydrogen (secondary N) is 1. The average molecular weight is 211 g/mol. The quantitative estimate of drug-likeness (QED) is 0.761. The molecule has 0 fully saturated rings. The summed E-state index contributed by atoms with van der Waals surface area (Å²) >= 11 is 0. The minimum absolute atomic E-state index is 0.351. The Labute approximate surface area is 96.8 Å². The van der Waals surface area contributed by atoms with Crippen molar-refractivity contribution >= 4 is 10.8 Å². The highest BCUT2D eigenvalue weighted by Gasteiger charge is 2.06. The monoisotopic (exact) mass is 211 g/mol. The van der Waals surface area contributed by atoms with Crippen LogP contribution in [0.3, 0.4) is 0 Å². The van der Waals surface area contributed by atoms with Crippen molar-refractivity contribution in [2.75, 3.05) is 6.54 Å². The number of rotatable bonds is 4. The number of hydrogen-bond acceptors (Lipinski definition) is 1. The molecule has 1 N–H and O–H groups in total. The van der Waals surface area contributed by atoms with E-state index in [2.05, 4.69) is 61.3 Å². The van der Waals surface area contributed by atoms with Gasteiger partial charge in [-0.15, -0.1) is 6.58 Å². The highest BCUT2D eigenvalue weighted by molar-refractivity contribution is 5.86. The maximum Gasteiger partial charge on any atom is 0.0300 e. The molecule has 0 aliphatic carbocycles. The van der Waals surface area contributed by atoms with Crippen LogP contribution in [0.25, 0.3) is 10.8 Å². The molecule has 82 valence electrons. The third kappa shape index (κ3) is 2.15. The molecule has 2 rings (SSSR count). The average Bonchev–Trinajstić information content (AvgIpc) is 2.35. The molecule has 1 unspecified atom stereocenters. The summed E-state index contributed by atoms with van der Waals surface area (Å²) in [4.78, 5) is 0. The van der Waals surface area contributed by atoms with E-state index in [9.17, 15) is 0 Å². The lowest BCUT2D eigenvalue weighted by molar-refractivity contribution is 0.622. The second-order valence-corrected chi connectivity index (χ2v) is 3.99. The Morgan fingerprint density at radius 2 is 1.94 bits per heavy atom. The Morgan fingerprint density at radius 3 is 2.75 bits per heavy atom. The summed E-state index contributed by atoms with van der Waals surface area (Å²) in [7, 11) is 0. The summed E-state index contributed by atoms with van der Waals surface area (Å²) in [6, 6.07) is 15.3. The third-order valence-electron chi connectivity index (χ3n) is 2.86. The summed E-state index contributed by atoms with van der Waals surface area (Å²) < 4.78 is 0. The summed E-state index contributed by atoms with van der Waals surface area (Å²) in [5, 5.41) is 6.05. The normalized spacial score (nSPS) is 12.6.